The van der Waals surface area contributed by atoms with E-state index in [0.29, 0.717) is 11.8 Å². The molecule has 1 atom stereocenters. The third-order valence-electron chi connectivity index (χ3n) is 6.24. The molecule has 1 unspecified atom stereocenters. The number of carbonyl (C=O) groups excluding carboxylic acids is 1. The minimum atomic E-state index is 0.0742. The van der Waals surface area contributed by atoms with Crippen molar-refractivity contribution in [3.8, 4) is 0 Å². The number of hydrogen-bond donors (Lipinski definition) is 0. The highest BCUT2D eigenvalue weighted by Crippen LogP contribution is 2.36. The Labute approximate surface area is 148 Å². The zero-order valence-corrected chi connectivity index (χ0v) is 14.5. The maximum absolute atomic E-state index is 13.0. The Morgan fingerprint density at radius 1 is 1.00 bits per heavy atom. The highest BCUT2D eigenvalue weighted by molar-refractivity contribution is 5.85. The minimum Gasteiger partial charge on any atom is -0.342 e. The molecule has 0 N–H and O–H groups in total. The molecule has 2 aliphatic heterocycles. The fourth-order valence-corrected chi connectivity index (χ4v) is 4.87. The van der Waals surface area contributed by atoms with Crippen molar-refractivity contribution in [2.75, 3.05) is 13.1 Å². The number of fused-ring (bicyclic) bond motifs is 2. The molecule has 1 amide bonds. The summed E-state index contributed by atoms with van der Waals surface area (Å²) < 4.78 is 2.31. The van der Waals surface area contributed by atoms with E-state index in [0.717, 1.165) is 63.4 Å². The van der Waals surface area contributed by atoms with E-state index >= 15 is 0 Å². The summed E-state index contributed by atoms with van der Waals surface area (Å²) in [5, 5.41) is 8.79. The maximum atomic E-state index is 13.0. The zero-order chi connectivity index (χ0) is 16.8. The number of hydrogen-bond acceptors (Lipinski definition) is 3. The van der Waals surface area contributed by atoms with Crippen molar-refractivity contribution in [2.24, 2.45) is 0 Å². The third kappa shape index (κ3) is 2.48. The Morgan fingerprint density at radius 2 is 1.84 bits per heavy atom. The number of amides is 1. The van der Waals surface area contributed by atoms with Gasteiger partial charge in [0.25, 0.3) is 0 Å². The van der Waals surface area contributed by atoms with Gasteiger partial charge in [0.05, 0.1) is 5.92 Å². The molecular weight excluding hydrogens is 312 g/mol. The number of nitrogens with zero attached hydrogens (tertiary/aromatic N) is 4. The molecule has 1 saturated heterocycles. The summed E-state index contributed by atoms with van der Waals surface area (Å²) in [6, 6.07) is 8.44. The van der Waals surface area contributed by atoms with E-state index < -0.39 is 0 Å². The molecule has 0 radical (unpaired) electrons. The Bertz CT molecular complexity index is 804. The topological polar surface area (TPSA) is 51.0 Å². The molecule has 1 aromatic carbocycles. The Kier molecular flexibility index (Phi) is 3.61. The molecular formula is C20H24N4O. The summed E-state index contributed by atoms with van der Waals surface area (Å²) in [5.74, 6) is 3.17. The number of piperidine rings is 1. The molecule has 0 saturated carbocycles. The fourth-order valence-electron chi connectivity index (χ4n) is 4.87. The first kappa shape index (κ1) is 15.1. The monoisotopic (exact) mass is 336 g/mol. The molecule has 3 heterocycles. The minimum absolute atomic E-state index is 0.0742. The molecule has 25 heavy (non-hydrogen) atoms. The van der Waals surface area contributed by atoms with Gasteiger partial charge in [0.15, 0.2) is 0 Å². The van der Waals surface area contributed by atoms with Gasteiger partial charge in [-0.05, 0) is 43.2 Å². The predicted octanol–water partition coefficient (Wildman–Crippen LogP) is 2.66. The van der Waals surface area contributed by atoms with E-state index in [9.17, 15) is 4.79 Å². The second-order valence-corrected chi connectivity index (χ2v) is 7.62. The van der Waals surface area contributed by atoms with Crippen LogP contribution >= 0.6 is 0 Å². The Balaban J connectivity index is 1.27. The summed E-state index contributed by atoms with van der Waals surface area (Å²) in [7, 11) is 0. The van der Waals surface area contributed by atoms with Crippen LogP contribution in [0, 0.1) is 0 Å². The standard InChI is InChI=1S/C20H24N4O/c25-20(17-8-7-14-4-1-2-5-16(14)17)23-12-9-15(10-13-23)19-22-21-18-6-3-11-24(18)19/h1-2,4-5,15,17H,3,6-13H2. The Hall–Kier alpha value is -2.17. The number of carbonyl (C=O) groups is 1. The number of rotatable bonds is 2. The van der Waals surface area contributed by atoms with Crippen molar-refractivity contribution < 1.29 is 4.79 Å². The summed E-state index contributed by atoms with van der Waals surface area (Å²) in [5.41, 5.74) is 2.61. The maximum Gasteiger partial charge on any atom is 0.230 e. The van der Waals surface area contributed by atoms with Crippen LogP contribution in [0.1, 0.15) is 60.3 Å². The molecule has 1 aliphatic carbocycles. The first-order valence-corrected chi connectivity index (χ1v) is 9.60. The van der Waals surface area contributed by atoms with Gasteiger partial charge in [-0.3, -0.25) is 4.79 Å². The quantitative estimate of drug-likeness (QED) is 0.847. The molecule has 2 aromatic rings. The first-order chi connectivity index (χ1) is 12.3. The van der Waals surface area contributed by atoms with Gasteiger partial charge in [-0.15, -0.1) is 10.2 Å². The fraction of sp³-hybridized carbons (Fsp3) is 0.550. The van der Waals surface area contributed by atoms with E-state index in [4.69, 9.17) is 0 Å². The van der Waals surface area contributed by atoms with Crippen LogP contribution in [0.5, 0.6) is 0 Å². The number of likely N-dealkylation sites (tertiary alicyclic amines) is 1. The summed E-state index contributed by atoms with van der Waals surface area (Å²) in [6.07, 6.45) is 6.28. The molecule has 130 valence electrons. The van der Waals surface area contributed by atoms with E-state index in [2.05, 4.69) is 43.9 Å². The van der Waals surface area contributed by atoms with Gasteiger partial charge >= 0.3 is 0 Å². The molecule has 5 heteroatoms. The summed E-state index contributed by atoms with van der Waals surface area (Å²) in [6.45, 7) is 2.77. The van der Waals surface area contributed by atoms with E-state index in [1.165, 1.54) is 17.5 Å². The van der Waals surface area contributed by atoms with Crippen LogP contribution in [-0.2, 0) is 24.2 Å². The first-order valence-electron chi connectivity index (χ1n) is 9.60. The average Bonchev–Trinajstić information content (AvgIpc) is 3.36. The van der Waals surface area contributed by atoms with E-state index in [-0.39, 0.29) is 5.92 Å². The van der Waals surface area contributed by atoms with Crippen molar-refractivity contribution >= 4 is 5.91 Å². The van der Waals surface area contributed by atoms with Crippen LogP contribution in [-0.4, -0.2) is 38.7 Å². The van der Waals surface area contributed by atoms with Crippen LogP contribution in [0.15, 0.2) is 24.3 Å². The van der Waals surface area contributed by atoms with Gasteiger partial charge in [0.2, 0.25) is 5.91 Å². The summed E-state index contributed by atoms with van der Waals surface area (Å²) in [4.78, 5) is 15.1. The number of benzene rings is 1. The number of aryl methyl sites for hydroxylation is 2. The zero-order valence-electron chi connectivity index (χ0n) is 14.5. The average molecular weight is 336 g/mol. The third-order valence-corrected chi connectivity index (χ3v) is 6.24. The molecule has 0 spiro atoms. The van der Waals surface area contributed by atoms with Crippen LogP contribution in [0.25, 0.3) is 0 Å². The van der Waals surface area contributed by atoms with Gasteiger partial charge in [-0.25, -0.2) is 0 Å². The molecule has 1 aromatic heterocycles. The van der Waals surface area contributed by atoms with Crippen molar-refractivity contribution in [3.63, 3.8) is 0 Å². The van der Waals surface area contributed by atoms with Crippen LogP contribution < -0.4 is 0 Å². The van der Waals surface area contributed by atoms with Crippen molar-refractivity contribution in [2.45, 2.75) is 56.9 Å². The van der Waals surface area contributed by atoms with E-state index in [1.807, 2.05) is 0 Å². The van der Waals surface area contributed by atoms with Gasteiger partial charge in [0.1, 0.15) is 11.6 Å². The highest BCUT2D eigenvalue weighted by atomic mass is 16.2. The molecule has 5 nitrogen and oxygen atoms in total. The lowest BCUT2D eigenvalue weighted by atomic mass is 9.93. The van der Waals surface area contributed by atoms with Crippen LogP contribution in [0.4, 0.5) is 0 Å². The van der Waals surface area contributed by atoms with Gasteiger partial charge in [0, 0.05) is 32.0 Å². The van der Waals surface area contributed by atoms with Gasteiger partial charge in [-0.2, -0.15) is 0 Å². The lowest BCUT2D eigenvalue weighted by Crippen LogP contribution is -2.40. The molecule has 3 aliphatic rings. The van der Waals surface area contributed by atoms with Crippen LogP contribution in [0.3, 0.4) is 0 Å². The highest BCUT2D eigenvalue weighted by Gasteiger charge is 2.34. The normalized spacial score (nSPS) is 22.9. The smallest absolute Gasteiger partial charge is 0.230 e. The number of aromatic nitrogens is 3. The Morgan fingerprint density at radius 3 is 2.72 bits per heavy atom. The second-order valence-electron chi connectivity index (χ2n) is 7.62. The van der Waals surface area contributed by atoms with Crippen molar-refractivity contribution in [3.05, 3.63) is 47.0 Å². The van der Waals surface area contributed by atoms with Crippen LogP contribution in [0.2, 0.25) is 0 Å². The molecule has 0 bridgehead atoms. The lowest BCUT2D eigenvalue weighted by Gasteiger charge is -2.33. The van der Waals surface area contributed by atoms with Gasteiger partial charge in [-0.1, -0.05) is 24.3 Å². The largest absolute Gasteiger partial charge is 0.342 e. The molecule has 1 fully saturated rings. The SMILES string of the molecule is O=C(C1CCc2ccccc21)N1CCC(c2nnc3n2CCC3)CC1. The predicted molar refractivity (Wildman–Crippen MR) is 94.4 cm³/mol. The van der Waals surface area contributed by atoms with E-state index in [1.54, 1.807) is 0 Å². The second kappa shape index (κ2) is 5.97. The van der Waals surface area contributed by atoms with Crippen molar-refractivity contribution in [1.82, 2.24) is 19.7 Å². The molecule has 5 rings (SSSR count). The van der Waals surface area contributed by atoms with Gasteiger partial charge < -0.3 is 9.47 Å². The van der Waals surface area contributed by atoms with Crippen molar-refractivity contribution in [1.29, 1.82) is 0 Å². The summed E-state index contributed by atoms with van der Waals surface area (Å²) >= 11 is 0. The lowest BCUT2D eigenvalue weighted by molar-refractivity contribution is -0.133.